The van der Waals surface area contributed by atoms with Crippen LogP contribution in [0.15, 0.2) is 36.4 Å². The number of ether oxygens (including phenoxy) is 2. The van der Waals surface area contributed by atoms with E-state index >= 15 is 0 Å². The first-order valence-corrected chi connectivity index (χ1v) is 10.7. The number of nitrogens with two attached hydrogens (primary N) is 1. The van der Waals surface area contributed by atoms with Crippen molar-refractivity contribution in [2.45, 2.75) is 50.6 Å². The summed E-state index contributed by atoms with van der Waals surface area (Å²) in [6.07, 6.45) is 4.63. The van der Waals surface area contributed by atoms with E-state index in [4.69, 9.17) is 15.2 Å². The van der Waals surface area contributed by atoms with Gasteiger partial charge in [-0.3, -0.25) is 4.79 Å². The second-order valence-electron chi connectivity index (χ2n) is 8.58. The highest BCUT2D eigenvalue weighted by Gasteiger charge is 2.46. The molecule has 1 spiro atoms. The largest absolute Gasteiger partial charge is 0.486 e. The van der Waals surface area contributed by atoms with Crippen LogP contribution in [0, 0.1) is 0 Å². The Bertz CT molecular complexity index is 938. The normalized spacial score (nSPS) is 21.1. The van der Waals surface area contributed by atoms with Crippen LogP contribution in [0.1, 0.15) is 65.7 Å². The summed E-state index contributed by atoms with van der Waals surface area (Å²) in [6.45, 7) is 4.54. The molecule has 5 nitrogen and oxygen atoms in total. The van der Waals surface area contributed by atoms with Crippen LogP contribution in [0.2, 0.25) is 0 Å². The van der Waals surface area contributed by atoms with E-state index in [1.54, 1.807) is 0 Å². The molecule has 1 amide bonds. The summed E-state index contributed by atoms with van der Waals surface area (Å²) in [5.74, 6) is 1.75. The molecule has 2 aromatic rings. The van der Waals surface area contributed by atoms with Crippen molar-refractivity contribution in [3.8, 4) is 11.5 Å². The maximum absolute atomic E-state index is 13.5. The monoisotopic (exact) mass is 428 g/mol. The lowest BCUT2D eigenvalue weighted by atomic mass is 9.71. The van der Waals surface area contributed by atoms with Crippen molar-refractivity contribution in [1.29, 1.82) is 0 Å². The molecule has 160 valence electrons. The van der Waals surface area contributed by atoms with Crippen molar-refractivity contribution in [2.24, 2.45) is 5.73 Å². The molecule has 0 bridgehead atoms. The van der Waals surface area contributed by atoms with Crippen LogP contribution in [-0.4, -0.2) is 30.6 Å². The maximum atomic E-state index is 13.5. The number of fused-ring (bicyclic) bond motifs is 3. The molecule has 0 aromatic heterocycles. The number of benzene rings is 2. The molecule has 5 rings (SSSR count). The smallest absolute Gasteiger partial charge is 0.254 e. The third-order valence-electron chi connectivity index (χ3n) is 6.93. The number of rotatable bonds is 2. The third kappa shape index (κ3) is 3.34. The highest BCUT2D eigenvalue weighted by Crippen LogP contribution is 2.52. The molecule has 1 aliphatic carbocycles. The van der Waals surface area contributed by atoms with Gasteiger partial charge in [0, 0.05) is 24.1 Å². The lowest BCUT2D eigenvalue weighted by Crippen LogP contribution is -2.48. The van der Waals surface area contributed by atoms with Crippen molar-refractivity contribution in [3.05, 3.63) is 58.7 Å². The minimum atomic E-state index is -0.00580. The van der Waals surface area contributed by atoms with Crippen molar-refractivity contribution in [3.63, 3.8) is 0 Å². The van der Waals surface area contributed by atoms with E-state index in [2.05, 4.69) is 24.0 Å². The molecular weight excluding hydrogens is 400 g/mol. The number of halogens is 1. The quantitative estimate of drug-likeness (QED) is 0.771. The molecule has 3 aliphatic rings. The molecule has 1 atom stereocenters. The summed E-state index contributed by atoms with van der Waals surface area (Å²) >= 11 is 0. The van der Waals surface area contributed by atoms with Gasteiger partial charge in [0.25, 0.3) is 5.91 Å². The second-order valence-corrected chi connectivity index (χ2v) is 8.58. The molecule has 0 radical (unpaired) electrons. The number of carbonyl (C=O) groups is 1. The van der Waals surface area contributed by atoms with Crippen molar-refractivity contribution in [2.75, 3.05) is 19.8 Å². The topological polar surface area (TPSA) is 64.8 Å². The number of amides is 1. The molecule has 2 N–H and O–H groups in total. The second kappa shape index (κ2) is 8.12. The van der Waals surface area contributed by atoms with E-state index in [9.17, 15) is 4.79 Å². The predicted molar refractivity (Wildman–Crippen MR) is 119 cm³/mol. The van der Waals surface area contributed by atoms with E-state index < -0.39 is 0 Å². The van der Waals surface area contributed by atoms with Gasteiger partial charge in [0.1, 0.15) is 13.2 Å². The summed E-state index contributed by atoms with van der Waals surface area (Å²) < 4.78 is 11.7. The van der Waals surface area contributed by atoms with Crippen LogP contribution >= 0.6 is 12.4 Å². The lowest BCUT2D eigenvalue weighted by molar-refractivity contribution is 0.0593. The lowest BCUT2D eigenvalue weighted by Gasteiger charge is -2.46. The zero-order valence-corrected chi connectivity index (χ0v) is 18.2. The highest BCUT2D eigenvalue weighted by molar-refractivity contribution is 5.95. The van der Waals surface area contributed by atoms with Gasteiger partial charge in [-0.2, -0.15) is 0 Å². The minimum absolute atomic E-state index is 0. The summed E-state index contributed by atoms with van der Waals surface area (Å²) in [4.78, 5) is 15.5. The predicted octanol–water partition coefficient (Wildman–Crippen LogP) is 4.37. The van der Waals surface area contributed by atoms with Crippen molar-refractivity contribution < 1.29 is 14.3 Å². The highest BCUT2D eigenvalue weighted by atomic mass is 35.5. The molecule has 2 aliphatic heterocycles. The van der Waals surface area contributed by atoms with Gasteiger partial charge < -0.3 is 20.1 Å². The zero-order valence-electron chi connectivity index (χ0n) is 17.4. The van der Waals surface area contributed by atoms with Crippen LogP contribution in [-0.2, 0) is 12.0 Å². The number of carbonyl (C=O) groups excluding carboxylic acids is 1. The first-order valence-electron chi connectivity index (χ1n) is 10.7. The van der Waals surface area contributed by atoms with E-state index in [1.165, 1.54) is 24.0 Å². The maximum Gasteiger partial charge on any atom is 0.254 e. The Morgan fingerprint density at radius 1 is 1.10 bits per heavy atom. The van der Waals surface area contributed by atoms with E-state index in [1.807, 2.05) is 24.3 Å². The standard InChI is InChI=1S/C24H28N2O3.ClH/c1-16-19-12-21-22(29-11-10-28-21)13-20(19)24(8-2-3-9-24)15-26(16)23(27)18-6-4-17(14-25)5-7-18;/h4-7,12-13,16H,2-3,8-11,14-15,25H2,1H3;1H. The number of hydrogen-bond donors (Lipinski definition) is 1. The van der Waals surface area contributed by atoms with E-state index in [-0.39, 0.29) is 29.8 Å². The molecule has 30 heavy (non-hydrogen) atoms. The fourth-order valence-electron chi connectivity index (χ4n) is 5.30. The SMILES string of the molecule is CC1c2cc3c(cc2C2(CCCC2)CN1C(=O)c1ccc(CN)cc1)OCCO3.Cl. The zero-order chi connectivity index (χ0) is 20.0. The van der Waals surface area contributed by atoms with Gasteiger partial charge >= 0.3 is 0 Å². The summed E-state index contributed by atoms with van der Waals surface area (Å²) in [6, 6.07) is 12.0. The van der Waals surface area contributed by atoms with Gasteiger partial charge in [0.15, 0.2) is 11.5 Å². The molecule has 1 saturated carbocycles. The van der Waals surface area contributed by atoms with Gasteiger partial charge in [0.2, 0.25) is 0 Å². The Kier molecular flexibility index (Phi) is 5.69. The van der Waals surface area contributed by atoms with E-state index in [0.717, 1.165) is 42.0 Å². The van der Waals surface area contributed by atoms with Gasteiger partial charge in [-0.25, -0.2) is 0 Å². The Labute approximate surface area is 183 Å². The van der Waals surface area contributed by atoms with Crippen LogP contribution in [0.4, 0.5) is 0 Å². The van der Waals surface area contributed by atoms with Crippen LogP contribution in [0.25, 0.3) is 0 Å². The van der Waals surface area contributed by atoms with E-state index in [0.29, 0.717) is 19.8 Å². The molecule has 2 aromatic carbocycles. The third-order valence-corrected chi connectivity index (χ3v) is 6.93. The first-order chi connectivity index (χ1) is 14.1. The van der Waals surface area contributed by atoms with Crippen molar-refractivity contribution in [1.82, 2.24) is 4.90 Å². The Balaban J connectivity index is 0.00000218. The fourth-order valence-corrected chi connectivity index (χ4v) is 5.30. The number of nitrogens with zero attached hydrogens (tertiary/aromatic N) is 1. The summed E-state index contributed by atoms with van der Waals surface area (Å²) in [5, 5.41) is 0. The fraction of sp³-hybridized carbons (Fsp3) is 0.458. The van der Waals surface area contributed by atoms with Crippen molar-refractivity contribution >= 4 is 18.3 Å². The first kappa shape index (κ1) is 21.0. The minimum Gasteiger partial charge on any atom is -0.486 e. The van der Waals surface area contributed by atoms with Gasteiger partial charge in [-0.15, -0.1) is 12.4 Å². The van der Waals surface area contributed by atoms with Crippen LogP contribution < -0.4 is 15.2 Å². The van der Waals surface area contributed by atoms with Gasteiger partial charge in [-0.05, 0) is 60.7 Å². The Morgan fingerprint density at radius 3 is 2.37 bits per heavy atom. The molecule has 6 heteroatoms. The van der Waals surface area contributed by atoms with Crippen LogP contribution in [0.5, 0.6) is 11.5 Å². The Morgan fingerprint density at radius 2 is 1.73 bits per heavy atom. The molecular formula is C24H29ClN2O3. The molecule has 1 unspecified atom stereocenters. The van der Waals surface area contributed by atoms with Crippen LogP contribution in [0.3, 0.4) is 0 Å². The molecule has 1 fully saturated rings. The molecule has 0 saturated heterocycles. The molecule has 2 heterocycles. The summed E-state index contributed by atoms with van der Waals surface area (Å²) in [5.41, 5.74) is 10.0. The van der Waals surface area contributed by atoms with Gasteiger partial charge in [0.05, 0.1) is 6.04 Å². The average molecular weight is 429 g/mol. The summed E-state index contributed by atoms with van der Waals surface area (Å²) in [7, 11) is 0. The van der Waals surface area contributed by atoms with Gasteiger partial charge in [-0.1, -0.05) is 25.0 Å². The Hall–Kier alpha value is -2.24. The number of hydrogen-bond acceptors (Lipinski definition) is 4. The average Bonchev–Trinajstić information content (AvgIpc) is 3.24.